The number of hydrogen-bond acceptors (Lipinski definition) is 4. The van der Waals surface area contributed by atoms with Crippen molar-refractivity contribution in [2.24, 2.45) is 0 Å². The number of oxazole rings is 1. The molecule has 1 aromatic heterocycles. The van der Waals surface area contributed by atoms with Crippen molar-refractivity contribution in [3.05, 3.63) is 29.7 Å². The predicted octanol–water partition coefficient (Wildman–Crippen LogP) is 2.08. The molecule has 0 aliphatic carbocycles. The van der Waals surface area contributed by atoms with Crippen molar-refractivity contribution in [1.29, 1.82) is 0 Å². The molecule has 86 valence electrons. The molecule has 2 aromatic rings. The lowest BCUT2D eigenvalue weighted by molar-refractivity contribution is 0.161. The fourth-order valence-electron chi connectivity index (χ4n) is 1.59. The van der Waals surface area contributed by atoms with Gasteiger partial charge in [-0.05, 0) is 24.2 Å². The molecule has 0 aliphatic rings. The number of ether oxygens (including phenoxy) is 1. The van der Waals surface area contributed by atoms with Crippen LogP contribution in [0.1, 0.15) is 18.4 Å². The number of nitrogens with zero attached hydrogens (tertiary/aromatic N) is 1. The Kier molecular flexibility index (Phi) is 3.54. The Morgan fingerprint density at radius 2 is 2.31 bits per heavy atom. The SMILES string of the molecule is CCNCc1ccc2oc(COC)nc2c1. The number of nitrogens with one attached hydrogen (secondary N) is 1. The Labute approximate surface area is 94.6 Å². The maximum Gasteiger partial charge on any atom is 0.221 e. The van der Waals surface area contributed by atoms with Crippen molar-refractivity contribution in [1.82, 2.24) is 10.3 Å². The smallest absolute Gasteiger partial charge is 0.221 e. The number of methoxy groups -OCH3 is 1. The number of aromatic nitrogens is 1. The normalized spacial score (nSPS) is 11.1. The topological polar surface area (TPSA) is 47.3 Å². The molecule has 0 atom stereocenters. The standard InChI is InChI=1S/C12H16N2O2/c1-3-13-7-9-4-5-11-10(6-9)14-12(16-11)8-15-2/h4-6,13H,3,7-8H2,1-2H3. The van der Waals surface area contributed by atoms with Gasteiger partial charge in [0.15, 0.2) is 5.58 Å². The van der Waals surface area contributed by atoms with E-state index in [0.717, 1.165) is 24.2 Å². The van der Waals surface area contributed by atoms with Crippen molar-refractivity contribution < 1.29 is 9.15 Å². The summed E-state index contributed by atoms with van der Waals surface area (Å²) >= 11 is 0. The van der Waals surface area contributed by atoms with E-state index in [9.17, 15) is 0 Å². The van der Waals surface area contributed by atoms with Gasteiger partial charge in [-0.15, -0.1) is 0 Å². The summed E-state index contributed by atoms with van der Waals surface area (Å²) in [6.45, 7) is 4.33. The van der Waals surface area contributed by atoms with Crippen LogP contribution in [0.2, 0.25) is 0 Å². The first-order valence-corrected chi connectivity index (χ1v) is 5.41. The summed E-state index contributed by atoms with van der Waals surface area (Å²) in [6.07, 6.45) is 0. The van der Waals surface area contributed by atoms with Crippen molar-refractivity contribution >= 4 is 11.1 Å². The molecule has 0 fully saturated rings. The molecule has 1 aromatic carbocycles. The Morgan fingerprint density at radius 3 is 3.06 bits per heavy atom. The molecule has 4 heteroatoms. The molecule has 0 unspecified atom stereocenters. The highest BCUT2D eigenvalue weighted by Gasteiger charge is 2.05. The Hall–Kier alpha value is -1.39. The number of rotatable bonds is 5. The molecule has 0 bridgehead atoms. The molecule has 0 saturated carbocycles. The molecule has 1 heterocycles. The second-order valence-electron chi connectivity index (χ2n) is 3.62. The van der Waals surface area contributed by atoms with Gasteiger partial charge in [-0.1, -0.05) is 13.0 Å². The minimum atomic E-state index is 0.414. The van der Waals surface area contributed by atoms with Crippen LogP contribution in [-0.4, -0.2) is 18.6 Å². The maximum absolute atomic E-state index is 5.51. The van der Waals surface area contributed by atoms with Crippen LogP contribution in [0.25, 0.3) is 11.1 Å². The van der Waals surface area contributed by atoms with Crippen molar-refractivity contribution in [2.75, 3.05) is 13.7 Å². The Bertz CT molecular complexity index is 465. The third kappa shape index (κ3) is 2.40. The van der Waals surface area contributed by atoms with Gasteiger partial charge < -0.3 is 14.5 Å². The van der Waals surface area contributed by atoms with E-state index in [4.69, 9.17) is 9.15 Å². The Morgan fingerprint density at radius 1 is 1.44 bits per heavy atom. The van der Waals surface area contributed by atoms with E-state index >= 15 is 0 Å². The van der Waals surface area contributed by atoms with Gasteiger partial charge in [0, 0.05) is 13.7 Å². The van der Waals surface area contributed by atoms with Crippen LogP contribution in [0.15, 0.2) is 22.6 Å². The summed E-state index contributed by atoms with van der Waals surface area (Å²) < 4.78 is 10.5. The maximum atomic E-state index is 5.51. The fourth-order valence-corrected chi connectivity index (χ4v) is 1.59. The van der Waals surface area contributed by atoms with E-state index in [1.54, 1.807) is 7.11 Å². The van der Waals surface area contributed by atoms with Crippen LogP contribution >= 0.6 is 0 Å². The first-order valence-electron chi connectivity index (χ1n) is 5.41. The molecule has 16 heavy (non-hydrogen) atoms. The third-order valence-corrected chi connectivity index (χ3v) is 2.34. The first-order chi connectivity index (χ1) is 7.83. The van der Waals surface area contributed by atoms with E-state index in [1.807, 2.05) is 18.2 Å². The lowest BCUT2D eigenvalue weighted by Crippen LogP contribution is -2.11. The summed E-state index contributed by atoms with van der Waals surface area (Å²) in [6, 6.07) is 6.04. The average molecular weight is 220 g/mol. The highest BCUT2D eigenvalue weighted by molar-refractivity contribution is 5.73. The largest absolute Gasteiger partial charge is 0.438 e. The highest BCUT2D eigenvalue weighted by Crippen LogP contribution is 2.17. The Balaban J connectivity index is 2.23. The molecule has 1 N–H and O–H groups in total. The zero-order valence-electron chi connectivity index (χ0n) is 9.62. The monoisotopic (exact) mass is 220 g/mol. The minimum Gasteiger partial charge on any atom is -0.438 e. The molecule has 0 saturated heterocycles. The summed E-state index contributed by atoms with van der Waals surface area (Å²) in [5.74, 6) is 0.623. The van der Waals surface area contributed by atoms with E-state index in [-0.39, 0.29) is 0 Å². The lowest BCUT2D eigenvalue weighted by Gasteiger charge is -2.00. The van der Waals surface area contributed by atoms with E-state index < -0.39 is 0 Å². The van der Waals surface area contributed by atoms with Crippen molar-refractivity contribution in [3.63, 3.8) is 0 Å². The fraction of sp³-hybridized carbons (Fsp3) is 0.417. The number of hydrogen-bond donors (Lipinski definition) is 1. The van der Waals surface area contributed by atoms with Crippen LogP contribution in [0.5, 0.6) is 0 Å². The minimum absolute atomic E-state index is 0.414. The summed E-state index contributed by atoms with van der Waals surface area (Å²) in [7, 11) is 1.63. The van der Waals surface area contributed by atoms with Gasteiger partial charge in [-0.2, -0.15) is 0 Å². The zero-order chi connectivity index (χ0) is 11.4. The van der Waals surface area contributed by atoms with Gasteiger partial charge in [0.25, 0.3) is 0 Å². The van der Waals surface area contributed by atoms with Gasteiger partial charge in [0.05, 0.1) is 0 Å². The van der Waals surface area contributed by atoms with Gasteiger partial charge in [-0.25, -0.2) is 4.98 Å². The highest BCUT2D eigenvalue weighted by atomic mass is 16.5. The third-order valence-electron chi connectivity index (χ3n) is 2.34. The molecular formula is C12H16N2O2. The van der Waals surface area contributed by atoms with E-state index in [0.29, 0.717) is 12.5 Å². The van der Waals surface area contributed by atoms with Gasteiger partial charge in [0.2, 0.25) is 5.89 Å². The van der Waals surface area contributed by atoms with Crippen LogP contribution < -0.4 is 5.32 Å². The van der Waals surface area contributed by atoms with Crippen LogP contribution in [0.3, 0.4) is 0 Å². The second-order valence-corrected chi connectivity index (χ2v) is 3.62. The van der Waals surface area contributed by atoms with Gasteiger partial charge >= 0.3 is 0 Å². The lowest BCUT2D eigenvalue weighted by atomic mass is 10.2. The molecule has 0 spiro atoms. The molecule has 0 radical (unpaired) electrons. The van der Waals surface area contributed by atoms with E-state index in [2.05, 4.69) is 17.2 Å². The molecule has 4 nitrogen and oxygen atoms in total. The number of fused-ring (bicyclic) bond motifs is 1. The van der Waals surface area contributed by atoms with Crippen molar-refractivity contribution in [2.45, 2.75) is 20.1 Å². The quantitative estimate of drug-likeness (QED) is 0.838. The van der Waals surface area contributed by atoms with Crippen LogP contribution in [0.4, 0.5) is 0 Å². The van der Waals surface area contributed by atoms with Gasteiger partial charge in [-0.3, -0.25) is 0 Å². The molecular weight excluding hydrogens is 204 g/mol. The van der Waals surface area contributed by atoms with Crippen LogP contribution in [-0.2, 0) is 17.9 Å². The van der Waals surface area contributed by atoms with Crippen LogP contribution in [0, 0.1) is 0 Å². The zero-order valence-corrected chi connectivity index (χ0v) is 9.62. The van der Waals surface area contributed by atoms with Gasteiger partial charge in [0.1, 0.15) is 12.1 Å². The molecule has 0 aliphatic heterocycles. The molecule has 0 amide bonds. The summed E-state index contributed by atoms with van der Waals surface area (Å²) in [4.78, 5) is 4.35. The number of benzene rings is 1. The predicted molar refractivity (Wildman–Crippen MR) is 62.1 cm³/mol. The molecule has 2 rings (SSSR count). The average Bonchev–Trinajstić information content (AvgIpc) is 2.68. The first kappa shape index (κ1) is 11.1. The van der Waals surface area contributed by atoms with Crippen molar-refractivity contribution in [3.8, 4) is 0 Å². The second kappa shape index (κ2) is 5.09. The summed E-state index contributed by atoms with van der Waals surface area (Å²) in [5, 5.41) is 3.28. The van der Waals surface area contributed by atoms with E-state index in [1.165, 1.54) is 5.56 Å². The summed E-state index contributed by atoms with van der Waals surface area (Å²) in [5.41, 5.74) is 2.92.